The maximum Gasteiger partial charge on any atom is 0.349 e. The quantitative estimate of drug-likeness (QED) is 0.423. The summed E-state index contributed by atoms with van der Waals surface area (Å²) in [6.45, 7) is 5.72. The lowest BCUT2D eigenvalue weighted by atomic mass is 10.1. The molecule has 0 aliphatic carbocycles. The smallest absolute Gasteiger partial charge is 0.349 e. The number of esters is 1. The summed E-state index contributed by atoms with van der Waals surface area (Å²) in [5, 5.41) is 12.0. The molecular formula is C23H24N4O5. The van der Waals surface area contributed by atoms with Crippen molar-refractivity contribution >= 4 is 24.0 Å². The third-order valence-electron chi connectivity index (χ3n) is 5.20. The molecule has 0 bridgehead atoms. The van der Waals surface area contributed by atoms with E-state index in [2.05, 4.69) is 5.32 Å². The molecule has 0 radical (unpaired) electrons. The lowest BCUT2D eigenvalue weighted by molar-refractivity contribution is -0.153. The van der Waals surface area contributed by atoms with E-state index >= 15 is 0 Å². The Morgan fingerprint density at radius 3 is 2.50 bits per heavy atom. The Kier molecular flexibility index (Phi) is 6.64. The second kappa shape index (κ2) is 9.39. The van der Waals surface area contributed by atoms with Gasteiger partial charge in [0.15, 0.2) is 6.10 Å². The number of hydrogen-bond donors (Lipinski definition) is 1. The number of benzene rings is 1. The van der Waals surface area contributed by atoms with Crippen LogP contribution in [0.25, 0.3) is 11.8 Å². The Hall–Kier alpha value is -4.06. The number of urea groups is 1. The fraction of sp³-hybridized carbons (Fsp3) is 0.304. The van der Waals surface area contributed by atoms with Crippen molar-refractivity contribution in [2.45, 2.75) is 26.9 Å². The van der Waals surface area contributed by atoms with Gasteiger partial charge in [-0.2, -0.15) is 5.26 Å². The standard InChI is InChI=1S/C23H24N4O5/c1-14-11-17(15(2)27(14)19-5-7-20(31-4)8-6-19)12-18(13-24)22(29)32-16(3)21(28)26-10-9-25-23(26)30/h5-8,11-12,16H,9-10H2,1-4H3,(H,25,30)/b18-12+. The second-order valence-electron chi connectivity index (χ2n) is 7.30. The Morgan fingerprint density at radius 1 is 1.25 bits per heavy atom. The Balaban J connectivity index is 1.81. The summed E-state index contributed by atoms with van der Waals surface area (Å²) in [5.41, 5.74) is 3.07. The number of ether oxygens (including phenoxy) is 2. The number of nitriles is 1. The van der Waals surface area contributed by atoms with Gasteiger partial charge in [-0.3, -0.25) is 9.69 Å². The predicted molar refractivity (Wildman–Crippen MR) is 116 cm³/mol. The van der Waals surface area contributed by atoms with Gasteiger partial charge >= 0.3 is 12.0 Å². The van der Waals surface area contributed by atoms with Crippen LogP contribution in [0.1, 0.15) is 23.9 Å². The van der Waals surface area contributed by atoms with Crippen LogP contribution < -0.4 is 10.1 Å². The van der Waals surface area contributed by atoms with Crippen LogP contribution in [0.5, 0.6) is 5.75 Å². The molecule has 1 unspecified atom stereocenters. The normalized spacial score (nSPS) is 14.5. The first kappa shape index (κ1) is 22.6. The van der Waals surface area contributed by atoms with E-state index in [1.807, 2.05) is 54.8 Å². The lowest BCUT2D eigenvalue weighted by Crippen LogP contribution is -2.41. The van der Waals surface area contributed by atoms with E-state index in [0.29, 0.717) is 12.1 Å². The Bertz CT molecular complexity index is 1120. The molecule has 166 valence electrons. The van der Waals surface area contributed by atoms with Gasteiger partial charge in [-0.05, 0) is 62.7 Å². The van der Waals surface area contributed by atoms with Crippen LogP contribution in [-0.4, -0.2) is 53.7 Å². The van der Waals surface area contributed by atoms with Gasteiger partial charge in [0.1, 0.15) is 17.4 Å². The van der Waals surface area contributed by atoms with E-state index in [1.165, 1.54) is 13.0 Å². The average Bonchev–Trinajstić information content (AvgIpc) is 3.33. The average molecular weight is 436 g/mol. The maximum absolute atomic E-state index is 12.5. The lowest BCUT2D eigenvalue weighted by Gasteiger charge is -2.17. The summed E-state index contributed by atoms with van der Waals surface area (Å²) in [6.07, 6.45) is 0.236. The molecule has 3 amide bonds. The third-order valence-corrected chi connectivity index (χ3v) is 5.20. The first-order valence-electron chi connectivity index (χ1n) is 10.0. The Labute approximate surface area is 185 Å². The summed E-state index contributed by atoms with van der Waals surface area (Å²) < 4.78 is 12.3. The number of imide groups is 1. The van der Waals surface area contributed by atoms with Gasteiger partial charge in [0.2, 0.25) is 0 Å². The van der Waals surface area contributed by atoms with Crippen molar-refractivity contribution in [3.8, 4) is 17.5 Å². The monoisotopic (exact) mass is 436 g/mol. The molecule has 1 fully saturated rings. The van der Waals surface area contributed by atoms with E-state index < -0.39 is 24.0 Å². The minimum Gasteiger partial charge on any atom is -0.497 e. The number of nitrogens with one attached hydrogen (secondary N) is 1. The van der Waals surface area contributed by atoms with E-state index in [1.54, 1.807) is 7.11 Å². The molecule has 1 aliphatic rings. The van der Waals surface area contributed by atoms with Crippen molar-refractivity contribution in [1.29, 1.82) is 5.26 Å². The van der Waals surface area contributed by atoms with E-state index in [-0.39, 0.29) is 12.1 Å². The first-order chi connectivity index (χ1) is 15.3. The topological polar surface area (TPSA) is 114 Å². The highest BCUT2D eigenvalue weighted by Gasteiger charge is 2.32. The minimum absolute atomic E-state index is 0.206. The molecule has 9 nitrogen and oxygen atoms in total. The maximum atomic E-state index is 12.5. The van der Waals surface area contributed by atoms with Crippen LogP contribution in [0.4, 0.5) is 4.79 Å². The fourth-order valence-electron chi connectivity index (χ4n) is 3.53. The van der Waals surface area contributed by atoms with Gasteiger partial charge in [0.25, 0.3) is 5.91 Å². The van der Waals surface area contributed by atoms with Gasteiger partial charge in [-0.1, -0.05) is 0 Å². The van der Waals surface area contributed by atoms with Crippen LogP contribution in [0, 0.1) is 25.2 Å². The molecule has 3 rings (SSSR count). The largest absolute Gasteiger partial charge is 0.497 e. The first-order valence-corrected chi connectivity index (χ1v) is 10.0. The zero-order chi connectivity index (χ0) is 23.4. The predicted octanol–water partition coefficient (Wildman–Crippen LogP) is 2.49. The minimum atomic E-state index is -1.20. The van der Waals surface area contributed by atoms with Crippen LogP contribution in [0.3, 0.4) is 0 Å². The number of nitrogens with zero attached hydrogens (tertiary/aromatic N) is 3. The summed E-state index contributed by atoms with van der Waals surface area (Å²) in [7, 11) is 1.60. The van der Waals surface area contributed by atoms with Gasteiger partial charge in [-0.15, -0.1) is 0 Å². The van der Waals surface area contributed by atoms with Gasteiger partial charge in [-0.25, -0.2) is 9.59 Å². The molecule has 1 aromatic carbocycles. The SMILES string of the molecule is COc1ccc(-n2c(C)cc(/C=C(\C#N)C(=O)OC(C)C(=O)N3CCNC3=O)c2C)cc1. The molecule has 1 aromatic heterocycles. The molecule has 1 atom stereocenters. The highest BCUT2D eigenvalue weighted by molar-refractivity contribution is 6.02. The zero-order valence-electron chi connectivity index (χ0n) is 18.3. The van der Waals surface area contributed by atoms with E-state index in [4.69, 9.17) is 9.47 Å². The Morgan fingerprint density at radius 2 is 1.94 bits per heavy atom. The highest BCUT2D eigenvalue weighted by atomic mass is 16.5. The highest BCUT2D eigenvalue weighted by Crippen LogP contribution is 2.24. The van der Waals surface area contributed by atoms with Crippen LogP contribution in [0.2, 0.25) is 0 Å². The summed E-state index contributed by atoms with van der Waals surface area (Å²) >= 11 is 0. The molecule has 1 saturated heterocycles. The summed E-state index contributed by atoms with van der Waals surface area (Å²) in [4.78, 5) is 37.5. The van der Waals surface area contributed by atoms with Gasteiger partial charge in [0, 0.05) is 30.2 Å². The number of amides is 3. The summed E-state index contributed by atoms with van der Waals surface area (Å²) in [6, 6.07) is 10.7. The van der Waals surface area contributed by atoms with Gasteiger partial charge in [0.05, 0.1) is 7.11 Å². The van der Waals surface area contributed by atoms with Crippen molar-refractivity contribution in [1.82, 2.24) is 14.8 Å². The fourth-order valence-corrected chi connectivity index (χ4v) is 3.53. The van der Waals surface area contributed by atoms with Crippen molar-refractivity contribution in [2.75, 3.05) is 20.2 Å². The number of methoxy groups -OCH3 is 1. The van der Waals surface area contributed by atoms with Crippen LogP contribution in [0.15, 0.2) is 35.9 Å². The number of carbonyl (C=O) groups is 3. The molecule has 1 aliphatic heterocycles. The molecule has 2 heterocycles. The van der Waals surface area contributed by atoms with E-state index in [9.17, 15) is 19.6 Å². The molecule has 2 aromatic rings. The number of aryl methyl sites for hydroxylation is 1. The number of aromatic nitrogens is 1. The molecule has 0 spiro atoms. The van der Waals surface area contributed by atoms with Crippen molar-refractivity contribution < 1.29 is 23.9 Å². The molecule has 0 saturated carbocycles. The molecule has 1 N–H and O–H groups in total. The molecule has 9 heteroatoms. The van der Waals surface area contributed by atoms with Crippen molar-refractivity contribution in [3.05, 3.63) is 52.9 Å². The van der Waals surface area contributed by atoms with E-state index in [0.717, 1.165) is 27.7 Å². The molecular weight excluding hydrogens is 412 g/mol. The second-order valence-corrected chi connectivity index (χ2v) is 7.30. The number of hydrogen-bond acceptors (Lipinski definition) is 6. The van der Waals surface area contributed by atoms with Crippen molar-refractivity contribution in [2.24, 2.45) is 0 Å². The number of carbonyl (C=O) groups excluding carboxylic acids is 3. The molecule has 32 heavy (non-hydrogen) atoms. The van der Waals surface area contributed by atoms with Crippen molar-refractivity contribution in [3.63, 3.8) is 0 Å². The van der Waals surface area contributed by atoms with Crippen LogP contribution >= 0.6 is 0 Å². The third kappa shape index (κ3) is 4.49. The zero-order valence-corrected chi connectivity index (χ0v) is 18.3. The van der Waals surface area contributed by atoms with Gasteiger partial charge < -0.3 is 19.4 Å². The number of rotatable bonds is 6. The van der Waals surface area contributed by atoms with Crippen LogP contribution in [-0.2, 0) is 14.3 Å². The summed E-state index contributed by atoms with van der Waals surface area (Å²) in [5.74, 6) is -0.827.